The van der Waals surface area contributed by atoms with Gasteiger partial charge in [-0.15, -0.1) is 0 Å². The van der Waals surface area contributed by atoms with Crippen molar-refractivity contribution in [3.05, 3.63) is 50.9 Å². The van der Waals surface area contributed by atoms with E-state index in [4.69, 9.17) is 9.47 Å². The molecule has 0 fully saturated rings. The van der Waals surface area contributed by atoms with E-state index >= 15 is 0 Å². The van der Waals surface area contributed by atoms with E-state index in [2.05, 4.69) is 37.2 Å². The minimum atomic E-state index is -0.293. The lowest BCUT2D eigenvalue weighted by Crippen LogP contribution is -2.39. The molecule has 26 heavy (non-hydrogen) atoms. The summed E-state index contributed by atoms with van der Waals surface area (Å²) in [5, 5.41) is 2.96. The number of halogens is 2. The lowest BCUT2D eigenvalue weighted by Gasteiger charge is -2.25. The van der Waals surface area contributed by atoms with E-state index < -0.39 is 0 Å². The molecule has 0 aliphatic carbocycles. The van der Waals surface area contributed by atoms with Gasteiger partial charge < -0.3 is 14.8 Å². The van der Waals surface area contributed by atoms with Crippen LogP contribution < -0.4 is 14.8 Å². The van der Waals surface area contributed by atoms with Gasteiger partial charge in [0.2, 0.25) is 5.91 Å². The van der Waals surface area contributed by atoms with E-state index in [0.29, 0.717) is 19.8 Å². The van der Waals surface area contributed by atoms with Gasteiger partial charge in [0.15, 0.2) is 11.5 Å². The molecule has 1 N–H and O–H groups in total. The number of benzene rings is 2. The zero-order chi connectivity index (χ0) is 18.7. The Hall–Kier alpha value is -1.57. The van der Waals surface area contributed by atoms with Gasteiger partial charge in [0.05, 0.1) is 11.7 Å². The zero-order valence-corrected chi connectivity index (χ0v) is 17.8. The average Bonchev–Trinajstić information content (AvgIpc) is 2.63. The fraction of sp³-hybridized carbons (Fsp3) is 0.316. The van der Waals surface area contributed by atoms with Crippen LogP contribution in [0.25, 0.3) is 0 Å². The van der Waals surface area contributed by atoms with E-state index in [1.807, 2.05) is 55.3 Å². The number of hydrogen-bond donors (Lipinski definition) is 1. The van der Waals surface area contributed by atoms with Gasteiger partial charge >= 0.3 is 0 Å². The number of nitrogens with zero attached hydrogens (tertiary/aromatic N) is 1. The fourth-order valence-electron chi connectivity index (χ4n) is 2.64. The van der Waals surface area contributed by atoms with Crippen LogP contribution in [-0.2, 0) is 11.3 Å². The van der Waals surface area contributed by atoms with Crippen LogP contribution >= 0.6 is 31.9 Å². The van der Waals surface area contributed by atoms with Crippen LogP contribution in [0.3, 0.4) is 0 Å². The van der Waals surface area contributed by atoms with Crippen molar-refractivity contribution in [3.8, 4) is 11.5 Å². The van der Waals surface area contributed by atoms with Gasteiger partial charge in [0, 0.05) is 15.5 Å². The predicted octanol–water partition coefficient (Wildman–Crippen LogP) is 4.44. The highest BCUT2D eigenvalue weighted by Gasteiger charge is 2.20. The molecule has 0 spiro atoms. The minimum absolute atomic E-state index is 0.0620. The third-order valence-corrected chi connectivity index (χ3v) is 5.42. The van der Waals surface area contributed by atoms with E-state index in [0.717, 1.165) is 31.7 Å². The van der Waals surface area contributed by atoms with Crippen LogP contribution in [-0.4, -0.2) is 37.1 Å². The van der Waals surface area contributed by atoms with Crippen molar-refractivity contribution in [2.75, 3.05) is 25.6 Å². The normalized spacial score (nSPS) is 14.2. The Labute approximate surface area is 169 Å². The number of rotatable bonds is 5. The molecule has 1 aliphatic heterocycles. The number of fused-ring (bicyclic) bond motifs is 1. The maximum atomic E-state index is 12.6. The number of likely N-dealkylation sites (N-methyl/N-ethyl adjacent to an activating group) is 1. The minimum Gasteiger partial charge on any atom is -0.486 e. The first kappa shape index (κ1) is 19.2. The Morgan fingerprint density at radius 2 is 1.88 bits per heavy atom. The lowest BCUT2D eigenvalue weighted by molar-refractivity contribution is -0.120. The second-order valence-corrected chi connectivity index (χ2v) is 7.95. The molecule has 1 atom stereocenters. The third kappa shape index (κ3) is 4.58. The van der Waals surface area contributed by atoms with E-state index in [1.165, 1.54) is 0 Å². The summed E-state index contributed by atoms with van der Waals surface area (Å²) in [4.78, 5) is 14.6. The number of carbonyl (C=O) groups is 1. The molecule has 0 saturated heterocycles. The molecule has 1 aliphatic rings. The summed E-state index contributed by atoms with van der Waals surface area (Å²) in [6.45, 7) is 3.66. The maximum Gasteiger partial charge on any atom is 0.241 e. The molecular weight excluding hydrogens is 464 g/mol. The molecule has 0 radical (unpaired) electrons. The van der Waals surface area contributed by atoms with Gasteiger partial charge in [0.25, 0.3) is 0 Å². The third-order valence-electron chi connectivity index (χ3n) is 4.27. The Kier molecular flexibility index (Phi) is 6.21. The average molecular weight is 484 g/mol. The molecule has 138 valence electrons. The molecule has 2 aromatic carbocycles. The van der Waals surface area contributed by atoms with E-state index in [1.54, 1.807) is 0 Å². The van der Waals surface area contributed by atoms with E-state index in [-0.39, 0.29) is 11.9 Å². The summed E-state index contributed by atoms with van der Waals surface area (Å²) in [6, 6.07) is 11.3. The predicted molar refractivity (Wildman–Crippen MR) is 109 cm³/mol. The smallest absolute Gasteiger partial charge is 0.241 e. The summed E-state index contributed by atoms with van der Waals surface area (Å²) in [5.74, 6) is 1.47. The highest BCUT2D eigenvalue weighted by Crippen LogP contribution is 2.31. The molecule has 0 aromatic heterocycles. The van der Waals surface area contributed by atoms with Crippen molar-refractivity contribution in [1.29, 1.82) is 0 Å². The van der Waals surface area contributed by atoms with Gasteiger partial charge in [-0.2, -0.15) is 0 Å². The molecule has 0 bridgehead atoms. The van der Waals surface area contributed by atoms with Crippen LogP contribution in [0.4, 0.5) is 5.69 Å². The molecule has 7 heteroatoms. The number of anilines is 1. The lowest BCUT2D eigenvalue weighted by atomic mass is 10.1. The summed E-state index contributed by atoms with van der Waals surface area (Å²) in [6.07, 6.45) is 0. The first-order valence-electron chi connectivity index (χ1n) is 8.28. The van der Waals surface area contributed by atoms with Crippen LogP contribution in [0.2, 0.25) is 0 Å². The van der Waals surface area contributed by atoms with Crippen molar-refractivity contribution >= 4 is 43.5 Å². The van der Waals surface area contributed by atoms with Crippen molar-refractivity contribution in [2.24, 2.45) is 0 Å². The summed E-state index contributed by atoms with van der Waals surface area (Å²) in [5.41, 5.74) is 1.82. The van der Waals surface area contributed by atoms with Gasteiger partial charge in [0.1, 0.15) is 13.2 Å². The molecule has 5 nitrogen and oxygen atoms in total. The summed E-state index contributed by atoms with van der Waals surface area (Å²) in [7, 11) is 1.93. The standard InChI is InChI=1S/C19H20Br2N2O3/c1-12(19(24)22-16-5-4-14(20)10-15(16)21)23(2)11-13-3-6-17-18(9-13)26-8-7-25-17/h3-6,9-10,12H,7-8,11H2,1-2H3,(H,22,24). The Bertz CT molecular complexity index is 813. The van der Waals surface area contributed by atoms with Gasteiger partial charge in [-0.1, -0.05) is 22.0 Å². The number of hydrogen-bond acceptors (Lipinski definition) is 4. The van der Waals surface area contributed by atoms with Crippen LogP contribution in [0.5, 0.6) is 11.5 Å². The molecule has 3 rings (SSSR count). The van der Waals surface area contributed by atoms with Gasteiger partial charge in [-0.25, -0.2) is 0 Å². The summed E-state index contributed by atoms with van der Waals surface area (Å²) < 4.78 is 13.0. The number of nitrogens with one attached hydrogen (secondary N) is 1. The summed E-state index contributed by atoms with van der Waals surface area (Å²) >= 11 is 6.87. The second-order valence-electron chi connectivity index (χ2n) is 6.18. The molecule has 2 aromatic rings. The highest BCUT2D eigenvalue weighted by atomic mass is 79.9. The molecule has 1 amide bonds. The van der Waals surface area contributed by atoms with Gasteiger partial charge in [-0.3, -0.25) is 9.69 Å². The maximum absolute atomic E-state index is 12.6. The second kappa shape index (κ2) is 8.41. The molecule has 0 saturated carbocycles. The van der Waals surface area contributed by atoms with Crippen molar-refractivity contribution < 1.29 is 14.3 Å². The number of carbonyl (C=O) groups excluding carboxylic acids is 1. The Balaban J connectivity index is 1.63. The highest BCUT2D eigenvalue weighted by molar-refractivity contribution is 9.11. The molecular formula is C19H20Br2N2O3. The monoisotopic (exact) mass is 482 g/mol. The Morgan fingerprint density at radius 1 is 1.15 bits per heavy atom. The van der Waals surface area contributed by atoms with Gasteiger partial charge in [-0.05, 0) is 65.8 Å². The van der Waals surface area contributed by atoms with Crippen molar-refractivity contribution in [3.63, 3.8) is 0 Å². The Morgan fingerprint density at radius 3 is 2.62 bits per heavy atom. The van der Waals surface area contributed by atoms with Crippen molar-refractivity contribution in [1.82, 2.24) is 4.90 Å². The van der Waals surface area contributed by atoms with E-state index in [9.17, 15) is 4.79 Å². The van der Waals surface area contributed by atoms with Crippen LogP contribution in [0.15, 0.2) is 45.3 Å². The topological polar surface area (TPSA) is 50.8 Å². The van der Waals surface area contributed by atoms with Crippen LogP contribution in [0.1, 0.15) is 12.5 Å². The first-order chi connectivity index (χ1) is 12.4. The zero-order valence-electron chi connectivity index (χ0n) is 14.6. The quantitative estimate of drug-likeness (QED) is 0.682. The molecule has 1 unspecified atom stereocenters. The first-order valence-corrected chi connectivity index (χ1v) is 9.87. The van der Waals surface area contributed by atoms with Crippen molar-refractivity contribution in [2.45, 2.75) is 19.5 Å². The largest absolute Gasteiger partial charge is 0.486 e. The van der Waals surface area contributed by atoms with Crippen LogP contribution in [0, 0.1) is 0 Å². The molecule has 1 heterocycles. The number of ether oxygens (including phenoxy) is 2. The SMILES string of the molecule is CC(C(=O)Nc1ccc(Br)cc1Br)N(C)Cc1ccc2c(c1)OCCO2. The number of amides is 1. The fourth-order valence-corrected chi connectivity index (χ4v) is 3.79.